The summed E-state index contributed by atoms with van der Waals surface area (Å²) in [6.07, 6.45) is 1.41. The molecular formula is C10H20N2O2. The molecule has 1 rings (SSSR count). The molecule has 0 aromatic rings. The Balaban J connectivity index is 2.20. The van der Waals surface area contributed by atoms with Crippen LogP contribution < -0.4 is 5.32 Å². The number of carbonyl (C=O) groups is 1. The molecule has 0 atom stereocenters. The van der Waals surface area contributed by atoms with E-state index in [4.69, 9.17) is 0 Å². The van der Waals surface area contributed by atoms with Crippen molar-refractivity contribution in [3.05, 3.63) is 0 Å². The van der Waals surface area contributed by atoms with Crippen LogP contribution in [0.25, 0.3) is 0 Å². The Morgan fingerprint density at radius 2 is 2.07 bits per heavy atom. The fourth-order valence-corrected chi connectivity index (χ4v) is 1.65. The number of amides is 1. The van der Waals surface area contributed by atoms with E-state index in [1.807, 2.05) is 13.8 Å². The van der Waals surface area contributed by atoms with Gasteiger partial charge in [0.1, 0.15) is 0 Å². The van der Waals surface area contributed by atoms with Crippen LogP contribution >= 0.6 is 0 Å². The van der Waals surface area contributed by atoms with Crippen molar-refractivity contribution in [1.29, 1.82) is 0 Å². The Kier molecular flexibility index (Phi) is 4.35. The van der Waals surface area contributed by atoms with Crippen LogP contribution in [0.4, 0.5) is 0 Å². The lowest BCUT2D eigenvalue weighted by Gasteiger charge is -2.29. The van der Waals surface area contributed by atoms with E-state index < -0.39 is 0 Å². The van der Waals surface area contributed by atoms with Crippen LogP contribution in [0.3, 0.4) is 0 Å². The van der Waals surface area contributed by atoms with E-state index in [-0.39, 0.29) is 18.1 Å². The summed E-state index contributed by atoms with van der Waals surface area (Å²) in [5.74, 6) is 0.0800. The summed E-state index contributed by atoms with van der Waals surface area (Å²) in [6, 6.07) is 0.206. The molecule has 82 valence electrons. The van der Waals surface area contributed by atoms with Gasteiger partial charge in [0.25, 0.3) is 0 Å². The summed E-state index contributed by atoms with van der Waals surface area (Å²) in [7, 11) is 0. The van der Waals surface area contributed by atoms with Gasteiger partial charge in [-0.25, -0.2) is 0 Å². The van der Waals surface area contributed by atoms with Crippen molar-refractivity contribution in [2.24, 2.45) is 0 Å². The number of carbonyl (C=O) groups excluding carboxylic acids is 1. The molecule has 1 heterocycles. The van der Waals surface area contributed by atoms with Crippen LogP contribution in [-0.4, -0.2) is 47.7 Å². The minimum atomic E-state index is -0.167. The Bertz CT molecular complexity index is 187. The quantitative estimate of drug-likeness (QED) is 0.672. The van der Waals surface area contributed by atoms with Gasteiger partial charge in [0, 0.05) is 19.1 Å². The summed E-state index contributed by atoms with van der Waals surface area (Å²) in [4.78, 5) is 13.5. The van der Waals surface area contributed by atoms with Crippen molar-refractivity contribution in [3.63, 3.8) is 0 Å². The molecule has 4 nitrogen and oxygen atoms in total. The maximum atomic E-state index is 11.4. The third-order valence-corrected chi connectivity index (χ3v) is 2.37. The SMILES string of the molecule is CC(C)NC(=O)CN1CCC(O)CC1. The highest BCUT2D eigenvalue weighted by Crippen LogP contribution is 2.08. The molecule has 2 N–H and O–H groups in total. The molecule has 1 saturated heterocycles. The third-order valence-electron chi connectivity index (χ3n) is 2.37. The van der Waals surface area contributed by atoms with Crippen molar-refractivity contribution in [2.45, 2.75) is 38.8 Å². The van der Waals surface area contributed by atoms with Crippen LogP contribution in [0.5, 0.6) is 0 Å². The van der Waals surface area contributed by atoms with Crippen LogP contribution in [0, 0.1) is 0 Å². The fraction of sp³-hybridized carbons (Fsp3) is 0.900. The van der Waals surface area contributed by atoms with E-state index in [9.17, 15) is 9.90 Å². The number of likely N-dealkylation sites (tertiary alicyclic amines) is 1. The van der Waals surface area contributed by atoms with Crippen molar-refractivity contribution < 1.29 is 9.90 Å². The van der Waals surface area contributed by atoms with Gasteiger partial charge in [0.05, 0.1) is 12.6 Å². The maximum absolute atomic E-state index is 11.4. The van der Waals surface area contributed by atoms with Gasteiger partial charge in [-0.15, -0.1) is 0 Å². The molecule has 1 fully saturated rings. The second-order valence-electron chi connectivity index (χ2n) is 4.23. The zero-order valence-electron chi connectivity index (χ0n) is 8.99. The van der Waals surface area contributed by atoms with Gasteiger partial charge in [0.2, 0.25) is 5.91 Å². The van der Waals surface area contributed by atoms with Crippen molar-refractivity contribution >= 4 is 5.91 Å². The number of hydrogen-bond acceptors (Lipinski definition) is 3. The number of piperidine rings is 1. The lowest BCUT2D eigenvalue weighted by atomic mass is 10.1. The second kappa shape index (κ2) is 5.32. The Labute approximate surface area is 85.3 Å². The van der Waals surface area contributed by atoms with Crippen LogP contribution in [-0.2, 0) is 4.79 Å². The van der Waals surface area contributed by atoms with Gasteiger partial charge in [-0.05, 0) is 26.7 Å². The summed E-state index contributed by atoms with van der Waals surface area (Å²) >= 11 is 0. The zero-order valence-corrected chi connectivity index (χ0v) is 8.99. The molecule has 0 spiro atoms. The summed E-state index contributed by atoms with van der Waals surface area (Å²) in [5.41, 5.74) is 0. The molecule has 1 aliphatic rings. The average molecular weight is 200 g/mol. The first-order valence-corrected chi connectivity index (χ1v) is 5.27. The van der Waals surface area contributed by atoms with Crippen LogP contribution in [0.1, 0.15) is 26.7 Å². The number of nitrogens with one attached hydrogen (secondary N) is 1. The predicted molar refractivity (Wildman–Crippen MR) is 55.0 cm³/mol. The molecule has 0 aromatic carbocycles. The van der Waals surface area contributed by atoms with E-state index >= 15 is 0 Å². The highest BCUT2D eigenvalue weighted by atomic mass is 16.3. The minimum absolute atomic E-state index is 0.0800. The molecule has 0 saturated carbocycles. The van der Waals surface area contributed by atoms with Crippen molar-refractivity contribution in [1.82, 2.24) is 10.2 Å². The maximum Gasteiger partial charge on any atom is 0.234 e. The van der Waals surface area contributed by atoms with Gasteiger partial charge < -0.3 is 10.4 Å². The molecule has 0 bridgehead atoms. The summed E-state index contributed by atoms with van der Waals surface area (Å²) < 4.78 is 0. The number of nitrogens with zero attached hydrogens (tertiary/aromatic N) is 1. The van der Waals surface area contributed by atoms with Gasteiger partial charge in [-0.1, -0.05) is 0 Å². The molecule has 14 heavy (non-hydrogen) atoms. The topological polar surface area (TPSA) is 52.6 Å². The van der Waals surface area contributed by atoms with E-state index in [2.05, 4.69) is 10.2 Å². The lowest BCUT2D eigenvalue weighted by Crippen LogP contribution is -2.44. The van der Waals surface area contributed by atoms with E-state index in [1.54, 1.807) is 0 Å². The standard InChI is InChI=1S/C10H20N2O2/c1-8(2)11-10(14)7-12-5-3-9(13)4-6-12/h8-9,13H,3-7H2,1-2H3,(H,11,14). The van der Waals surface area contributed by atoms with Gasteiger partial charge in [0.15, 0.2) is 0 Å². The molecule has 4 heteroatoms. The molecule has 1 aliphatic heterocycles. The Morgan fingerprint density at radius 3 is 2.57 bits per heavy atom. The molecule has 0 aliphatic carbocycles. The molecule has 1 amide bonds. The van der Waals surface area contributed by atoms with Crippen LogP contribution in [0.15, 0.2) is 0 Å². The lowest BCUT2D eigenvalue weighted by molar-refractivity contribution is -0.123. The molecule has 0 unspecified atom stereocenters. The number of aliphatic hydroxyl groups is 1. The minimum Gasteiger partial charge on any atom is -0.393 e. The van der Waals surface area contributed by atoms with Crippen molar-refractivity contribution in [3.8, 4) is 0 Å². The molecular weight excluding hydrogens is 180 g/mol. The van der Waals surface area contributed by atoms with E-state index in [0.717, 1.165) is 25.9 Å². The van der Waals surface area contributed by atoms with E-state index in [1.165, 1.54) is 0 Å². The molecule has 0 radical (unpaired) electrons. The smallest absolute Gasteiger partial charge is 0.234 e. The van der Waals surface area contributed by atoms with Crippen molar-refractivity contribution in [2.75, 3.05) is 19.6 Å². The zero-order chi connectivity index (χ0) is 10.6. The highest BCUT2D eigenvalue weighted by molar-refractivity contribution is 5.78. The number of hydrogen-bond donors (Lipinski definition) is 2. The predicted octanol–water partition coefficient (Wildman–Crippen LogP) is -0.0323. The largest absolute Gasteiger partial charge is 0.393 e. The summed E-state index contributed by atoms with van der Waals surface area (Å²) in [5, 5.41) is 12.1. The molecule has 0 aromatic heterocycles. The normalized spacial score (nSPS) is 20.0. The first-order chi connectivity index (χ1) is 6.58. The number of rotatable bonds is 3. The first kappa shape index (κ1) is 11.5. The number of aliphatic hydroxyl groups excluding tert-OH is 1. The van der Waals surface area contributed by atoms with Gasteiger partial charge in [-0.2, -0.15) is 0 Å². The first-order valence-electron chi connectivity index (χ1n) is 5.27. The highest BCUT2D eigenvalue weighted by Gasteiger charge is 2.18. The van der Waals surface area contributed by atoms with Gasteiger partial charge in [-0.3, -0.25) is 9.69 Å². The third kappa shape index (κ3) is 4.07. The van der Waals surface area contributed by atoms with Gasteiger partial charge >= 0.3 is 0 Å². The summed E-state index contributed by atoms with van der Waals surface area (Å²) in [6.45, 7) is 6.03. The van der Waals surface area contributed by atoms with Crippen LogP contribution in [0.2, 0.25) is 0 Å². The van der Waals surface area contributed by atoms with E-state index in [0.29, 0.717) is 6.54 Å². The monoisotopic (exact) mass is 200 g/mol. The fourth-order valence-electron chi connectivity index (χ4n) is 1.65. The Hall–Kier alpha value is -0.610. The Morgan fingerprint density at radius 1 is 1.50 bits per heavy atom. The average Bonchev–Trinajstić information content (AvgIpc) is 2.07. The second-order valence-corrected chi connectivity index (χ2v) is 4.23.